The van der Waals surface area contributed by atoms with Crippen LogP contribution in [0.15, 0.2) is 53.4 Å². The number of nitrogens with zero attached hydrogens (tertiary/aromatic N) is 1. The van der Waals surface area contributed by atoms with Gasteiger partial charge in [0.25, 0.3) is 10.1 Å². The highest BCUT2D eigenvalue weighted by Gasteiger charge is 2.72. The fraction of sp³-hybridized carbons (Fsp3) is 0.500. The van der Waals surface area contributed by atoms with Crippen molar-refractivity contribution in [1.82, 2.24) is 4.90 Å². The van der Waals surface area contributed by atoms with Gasteiger partial charge in [-0.05, 0) is 68.8 Å². The second-order valence-electron chi connectivity index (χ2n) is 11.0. The highest BCUT2D eigenvalue weighted by Crippen LogP contribution is 2.66. The number of ether oxygens (including phenoxy) is 2. The van der Waals surface area contributed by atoms with Crippen LogP contribution in [0.1, 0.15) is 36.0 Å². The monoisotopic (exact) mass is 527 g/mol. The summed E-state index contributed by atoms with van der Waals surface area (Å²) in [4.78, 5) is 1.98. The maximum Gasteiger partial charge on any atom is 0.297 e. The van der Waals surface area contributed by atoms with E-state index in [-0.39, 0.29) is 10.9 Å². The zero-order chi connectivity index (χ0) is 24.9. The molecule has 0 aromatic heterocycles. The lowest BCUT2D eigenvalue weighted by Crippen LogP contribution is -2.73. The standard InChI is InChI=1S/C28H30ClNO5S/c1-17-3-8-20(9-4-17)36(31,32)35-22-11-12-28(29)23-15-19-7-10-21(33-2)25-24(19)27(28,26(22)34-25)13-14-30(23)16-18-5-6-18/h3-4,7-12,18,22-23,26H,5-6,13-16H2,1-2H3/t22-,23?,26-,27?,28+/m0/s1. The number of aryl methyl sites for hydroxylation is 1. The van der Waals surface area contributed by atoms with Gasteiger partial charge in [0.05, 0.1) is 22.3 Å². The van der Waals surface area contributed by atoms with E-state index < -0.39 is 32.6 Å². The first-order valence-corrected chi connectivity index (χ1v) is 14.5. The third kappa shape index (κ3) is 3.06. The van der Waals surface area contributed by atoms with Gasteiger partial charge in [-0.1, -0.05) is 35.9 Å². The lowest BCUT2D eigenvalue weighted by molar-refractivity contribution is -0.0336. The van der Waals surface area contributed by atoms with Crippen LogP contribution in [0.5, 0.6) is 11.5 Å². The van der Waals surface area contributed by atoms with Crippen LogP contribution in [-0.2, 0) is 26.1 Å². The SMILES string of the molecule is COc1ccc2c3c1O[C@H]1[C@@H](OS(=O)(=O)c4ccc(C)cc4)C=C[C@@]4(Cl)C(C2)N(CC2CC2)CCC314. The van der Waals surface area contributed by atoms with Crippen LogP contribution in [0.3, 0.4) is 0 Å². The van der Waals surface area contributed by atoms with Crippen molar-refractivity contribution >= 4 is 21.7 Å². The maximum absolute atomic E-state index is 13.3. The molecule has 6 nitrogen and oxygen atoms in total. The molecule has 2 bridgehead atoms. The molecule has 0 N–H and O–H groups in total. The van der Waals surface area contributed by atoms with E-state index in [1.54, 1.807) is 31.4 Å². The van der Waals surface area contributed by atoms with Gasteiger partial charge in [0.2, 0.25) is 0 Å². The summed E-state index contributed by atoms with van der Waals surface area (Å²) < 4.78 is 44.9. The number of hydrogen-bond donors (Lipinski definition) is 0. The van der Waals surface area contributed by atoms with Crippen molar-refractivity contribution in [2.45, 2.75) is 66.0 Å². The molecular weight excluding hydrogens is 498 g/mol. The molecule has 2 aliphatic heterocycles. The number of alkyl halides is 1. The molecule has 5 atom stereocenters. The minimum atomic E-state index is -4.01. The summed E-state index contributed by atoms with van der Waals surface area (Å²) in [5.74, 6) is 2.09. The average Bonchev–Trinajstić information content (AvgIpc) is 3.59. The second-order valence-corrected chi connectivity index (χ2v) is 13.2. The molecule has 36 heavy (non-hydrogen) atoms. The summed E-state index contributed by atoms with van der Waals surface area (Å²) in [5.41, 5.74) is 2.68. The Bertz CT molecular complexity index is 1370. The molecule has 5 aliphatic rings. The number of likely N-dealkylation sites (tertiary alicyclic amines) is 1. The number of hydrogen-bond acceptors (Lipinski definition) is 6. The van der Waals surface area contributed by atoms with Crippen molar-refractivity contribution in [2.24, 2.45) is 5.92 Å². The molecule has 2 aromatic rings. The summed E-state index contributed by atoms with van der Waals surface area (Å²) in [6.07, 6.45) is 6.64. The van der Waals surface area contributed by atoms with E-state index in [4.69, 9.17) is 25.3 Å². The van der Waals surface area contributed by atoms with Crippen LogP contribution in [0.4, 0.5) is 0 Å². The van der Waals surface area contributed by atoms with Gasteiger partial charge in [0.1, 0.15) is 12.2 Å². The van der Waals surface area contributed by atoms with E-state index in [0.29, 0.717) is 11.5 Å². The molecule has 2 heterocycles. The predicted molar refractivity (Wildman–Crippen MR) is 136 cm³/mol. The fourth-order valence-corrected chi connectivity index (χ4v) is 8.71. The van der Waals surface area contributed by atoms with E-state index in [1.165, 1.54) is 18.4 Å². The van der Waals surface area contributed by atoms with Crippen molar-refractivity contribution in [3.63, 3.8) is 0 Å². The van der Waals surface area contributed by atoms with Crippen LogP contribution >= 0.6 is 11.6 Å². The van der Waals surface area contributed by atoms with E-state index >= 15 is 0 Å². The van der Waals surface area contributed by atoms with Crippen molar-refractivity contribution in [1.29, 1.82) is 0 Å². The van der Waals surface area contributed by atoms with Crippen LogP contribution < -0.4 is 9.47 Å². The predicted octanol–water partition coefficient (Wildman–Crippen LogP) is 4.36. The molecule has 0 radical (unpaired) electrons. The molecule has 1 saturated carbocycles. The molecule has 190 valence electrons. The third-order valence-corrected chi connectivity index (χ3v) is 11.0. The number of piperidine rings is 1. The van der Waals surface area contributed by atoms with Gasteiger partial charge < -0.3 is 9.47 Å². The van der Waals surface area contributed by atoms with E-state index in [2.05, 4.69) is 11.0 Å². The maximum atomic E-state index is 13.3. The lowest BCUT2D eigenvalue weighted by atomic mass is 9.52. The highest BCUT2D eigenvalue weighted by molar-refractivity contribution is 7.86. The Morgan fingerprint density at radius 2 is 1.94 bits per heavy atom. The second kappa shape index (κ2) is 7.73. The third-order valence-electron chi connectivity index (χ3n) is 8.98. The first-order valence-electron chi connectivity index (χ1n) is 12.8. The quantitative estimate of drug-likeness (QED) is 0.316. The van der Waals surface area contributed by atoms with Gasteiger partial charge in [0, 0.05) is 18.2 Å². The summed E-state index contributed by atoms with van der Waals surface area (Å²) in [5, 5.41) is 0. The molecule has 3 aliphatic carbocycles. The average molecular weight is 528 g/mol. The molecule has 1 saturated heterocycles. The first kappa shape index (κ1) is 23.1. The molecule has 0 amide bonds. The first-order chi connectivity index (χ1) is 17.3. The molecule has 2 fully saturated rings. The molecule has 2 unspecified atom stereocenters. The van der Waals surface area contributed by atoms with E-state index in [1.807, 2.05) is 25.1 Å². The Kier molecular flexibility index (Phi) is 4.96. The zero-order valence-corrected chi connectivity index (χ0v) is 22.0. The van der Waals surface area contributed by atoms with E-state index in [9.17, 15) is 8.42 Å². The minimum Gasteiger partial charge on any atom is -0.493 e. The Balaban J connectivity index is 1.35. The van der Waals surface area contributed by atoms with Crippen LogP contribution in [0.25, 0.3) is 0 Å². The molecule has 2 aromatic carbocycles. The summed E-state index contributed by atoms with van der Waals surface area (Å²) >= 11 is 7.70. The van der Waals surface area contributed by atoms with Gasteiger partial charge in [-0.2, -0.15) is 8.42 Å². The van der Waals surface area contributed by atoms with Crippen LogP contribution in [0, 0.1) is 12.8 Å². The summed E-state index contributed by atoms with van der Waals surface area (Å²) in [6, 6.07) is 10.9. The molecule has 1 spiro atoms. The fourth-order valence-electron chi connectivity index (χ4n) is 7.09. The zero-order valence-electron chi connectivity index (χ0n) is 20.4. The number of benzene rings is 2. The molecule has 7 rings (SSSR count). The Labute approximate surface area is 217 Å². The number of rotatable bonds is 6. The summed E-state index contributed by atoms with van der Waals surface area (Å²) in [7, 11) is -2.38. The van der Waals surface area contributed by atoms with Gasteiger partial charge in [0.15, 0.2) is 11.5 Å². The minimum absolute atomic E-state index is 0.109. The molecule has 8 heteroatoms. The Morgan fingerprint density at radius 3 is 2.67 bits per heavy atom. The van der Waals surface area contributed by atoms with Gasteiger partial charge in [-0.25, -0.2) is 0 Å². The topological polar surface area (TPSA) is 65.1 Å². The summed E-state index contributed by atoms with van der Waals surface area (Å²) in [6.45, 7) is 3.88. The molecular formula is C28H30ClNO5S. The van der Waals surface area contributed by atoms with Crippen molar-refractivity contribution in [3.8, 4) is 11.5 Å². The van der Waals surface area contributed by atoms with Gasteiger partial charge >= 0.3 is 0 Å². The van der Waals surface area contributed by atoms with Crippen molar-refractivity contribution < 1.29 is 22.1 Å². The van der Waals surface area contributed by atoms with Gasteiger partial charge in [-0.15, -0.1) is 11.6 Å². The number of methoxy groups -OCH3 is 1. The van der Waals surface area contributed by atoms with Crippen molar-refractivity contribution in [2.75, 3.05) is 20.2 Å². The van der Waals surface area contributed by atoms with Crippen molar-refractivity contribution in [3.05, 3.63) is 65.2 Å². The Morgan fingerprint density at radius 1 is 1.17 bits per heavy atom. The number of halogens is 1. The largest absolute Gasteiger partial charge is 0.493 e. The lowest BCUT2D eigenvalue weighted by Gasteiger charge is -2.61. The highest BCUT2D eigenvalue weighted by atomic mass is 35.5. The van der Waals surface area contributed by atoms with Crippen LogP contribution in [0.2, 0.25) is 0 Å². The van der Waals surface area contributed by atoms with Gasteiger partial charge in [-0.3, -0.25) is 9.08 Å². The van der Waals surface area contributed by atoms with E-state index in [0.717, 1.165) is 43.0 Å². The Hall–Kier alpha value is -2.06. The normalized spacial score (nSPS) is 34.2. The smallest absolute Gasteiger partial charge is 0.297 e. The van der Waals surface area contributed by atoms with Crippen LogP contribution in [-0.4, -0.2) is 56.6 Å².